The van der Waals surface area contributed by atoms with E-state index < -0.39 is 4.75 Å². The predicted octanol–water partition coefficient (Wildman–Crippen LogP) is 3.95. The molecule has 26 heavy (non-hydrogen) atoms. The van der Waals surface area contributed by atoms with Crippen LogP contribution in [0.2, 0.25) is 0 Å². The minimum atomic E-state index is -0.551. The summed E-state index contributed by atoms with van der Waals surface area (Å²) >= 11 is 1.52. The minimum absolute atomic E-state index is 0.0806. The van der Waals surface area contributed by atoms with Gasteiger partial charge in [0.15, 0.2) is 6.61 Å². The van der Waals surface area contributed by atoms with Crippen molar-refractivity contribution in [3.05, 3.63) is 24.3 Å². The number of carbonyl (C=O) groups is 2. The average Bonchev–Trinajstić information content (AvgIpc) is 2.62. The molecule has 1 aromatic rings. The third-order valence-corrected chi connectivity index (χ3v) is 5.55. The van der Waals surface area contributed by atoms with Crippen LogP contribution in [0, 0.1) is 0 Å². The van der Waals surface area contributed by atoms with E-state index in [1.807, 2.05) is 26.0 Å². The number of thioether (sulfide) groups is 1. The van der Waals surface area contributed by atoms with Gasteiger partial charge < -0.3 is 14.8 Å². The largest absolute Gasteiger partial charge is 0.482 e. The number of hydrogen-bond acceptors (Lipinski definition) is 5. The fourth-order valence-corrected chi connectivity index (χ4v) is 3.91. The van der Waals surface area contributed by atoms with E-state index in [9.17, 15) is 9.59 Å². The van der Waals surface area contributed by atoms with Crippen LogP contribution in [0.15, 0.2) is 29.2 Å². The predicted molar refractivity (Wildman–Crippen MR) is 104 cm³/mol. The fraction of sp³-hybridized carbons (Fsp3) is 0.600. The summed E-state index contributed by atoms with van der Waals surface area (Å²) in [6.07, 6.45) is 5.84. The molecule has 1 amide bonds. The summed E-state index contributed by atoms with van der Waals surface area (Å²) in [6, 6.07) is 7.73. The van der Waals surface area contributed by atoms with Crippen molar-refractivity contribution in [3.63, 3.8) is 0 Å². The van der Waals surface area contributed by atoms with Crippen LogP contribution in [0.3, 0.4) is 0 Å². The Morgan fingerprint density at radius 3 is 2.42 bits per heavy atom. The maximum Gasteiger partial charge on any atom is 0.344 e. The van der Waals surface area contributed by atoms with Crippen LogP contribution >= 0.6 is 11.8 Å². The lowest BCUT2D eigenvalue weighted by Crippen LogP contribution is -2.45. The maximum atomic E-state index is 12.6. The molecule has 6 heteroatoms. The topological polar surface area (TPSA) is 64.6 Å². The first-order valence-corrected chi connectivity index (χ1v) is 10.1. The van der Waals surface area contributed by atoms with Crippen molar-refractivity contribution in [2.45, 2.75) is 68.6 Å². The molecule has 1 aliphatic carbocycles. The number of nitrogens with one attached hydrogen (secondary N) is 1. The number of benzene rings is 1. The molecule has 0 saturated heterocycles. The zero-order valence-corrected chi connectivity index (χ0v) is 16.7. The summed E-state index contributed by atoms with van der Waals surface area (Å²) in [7, 11) is 0. The van der Waals surface area contributed by atoms with Crippen molar-refractivity contribution in [1.82, 2.24) is 5.32 Å². The van der Waals surface area contributed by atoms with Gasteiger partial charge in [0, 0.05) is 10.9 Å². The Morgan fingerprint density at radius 2 is 1.81 bits per heavy atom. The summed E-state index contributed by atoms with van der Waals surface area (Å²) < 4.78 is 9.67. The van der Waals surface area contributed by atoms with Crippen LogP contribution < -0.4 is 10.1 Å². The number of ether oxygens (including phenoxy) is 2. The van der Waals surface area contributed by atoms with Crippen molar-refractivity contribution in [1.29, 1.82) is 0 Å². The SMILES string of the molecule is CCOC(=O)COc1ccc(SC(C)(C)C(=O)NC2CCCCC2)cc1. The van der Waals surface area contributed by atoms with E-state index in [0.717, 1.165) is 17.7 Å². The quantitative estimate of drug-likeness (QED) is 0.547. The summed E-state index contributed by atoms with van der Waals surface area (Å²) in [6.45, 7) is 5.89. The first-order valence-electron chi connectivity index (χ1n) is 9.29. The van der Waals surface area contributed by atoms with Gasteiger partial charge in [-0.2, -0.15) is 0 Å². The number of carbonyl (C=O) groups excluding carboxylic acids is 2. The standard InChI is InChI=1S/C20H29NO4S/c1-4-24-18(22)14-25-16-10-12-17(13-11-16)26-20(2,3)19(23)21-15-8-6-5-7-9-15/h10-13,15H,4-9,14H2,1-3H3,(H,21,23). The zero-order chi connectivity index (χ0) is 19.0. The zero-order valence-electron chi connectivity index (χ0n) is 15.9. The summed E-state index contributed by atoms with van der Waals surface area (Å²) in [5.74, 6) is 0.301. The fourth-order valence-electron chi connectivity index (χ4n) is 2.90. The molecule has 1 fully saturated rings. The van der Waals surface area contributed by atoms with E-state index in [2.05, 4.69) is 5.32 Å². The first kappa shape index (κ1) is 20.6. The lowest BCUT2D eigenvalue weighted by Gasteiger charge is -2.29. The number of rotatable bonds is 8. The molecular formula is C20H29NO4S. The Hall–Kier alpha value is -1.69. The molecule has 144 valence electrons. The van der Waals surface area contributed by atoms with Gasteiger partial charge in [-0.25, -0.2) is 4.79 Å². The minimum Gasteiger partial charge on any atom is -0.482 e. The summed E-state index contributed by atoms with van der Waals surface area (Å²) in [4.78, 5) is 24.9. The van der Waals surface area contributed by atoms with Gasteiger partial charge in [0.05, 0.1) is 11.4 Å². The molecule has 0 unspecified atom stereocenters. The van der Waals surface area contributed by atoms with Crippen LogP contribution in [-0.4, -0.2) is 35.9 Å². The van der Waals surface area contributed by atoms with Crippen molar-refractivity contribution in [3.8, 4) is 5.75 Å². The van der Waals surface area contributed by atoms with Gasteiger partial charge in [0.2, 0.25) is 5.91 Å². The van der Waals surface area contributed by atoms with Crippen molar-refractivity contribution >= 4 is 23.6 Å². The number of amides is 1. The molecular weight excluding hydrogens is 350 g/mol. The van der Waals surface area contributed by atoms with Crippen LogP contribution in [0.4, 0.5) is 0 Å². The van der Waals surface area contributed by atoms with E-state index in [1.165, 1.54) is 31.0 Å². The molecule has 1 aliphatic rings. The van der Waals surface area contributed by atoms with Crippen LogP contribution in [-0.2, 0) is 14.3 Å². The highest BCUT2D eigenvalue weighted by Crippen LogP contribution is 2.34. The van der Waals surface area contributed by atoms with Crippen LogP contribution in [0.5, 0.6) is 5.75 Å². The molecule has 1 N–H and O–H groups in total. The first-order chi connectivity index (χ1) is 12.4. The molecule has 1 aromatic carbocycles. The second-order valence-corrected chi connectivity index (χ2v) is 8.68. The van der Waals surface area contributed by atoms with Crippen LogP contribution in [0.25, 0.3) is 0 Å². The molecule has 0 bridgehead atoms. The summed E-state index contributed by atoms with van der Waals surface area (Å²) in [5.41, 5.74) is 0. The summed E-state index contributed by atoms with van der Waals surface area (Å²) in [5, 5.41) is 3.20. The average molecular weight is 380 g/mol. The van der Waals surface area contributed by atoms with Gasteiger partial charge in [0.25, 0.3) is 0 Å². The molecule has 0 aliphatic heterocycles. The molecule has 0 aromatic heterocycles. The van der Waals surface area contributed by atoms with Crippen molar-refractivity contribution < 1.29 is 19.1 Å². The van der Waals surface area contributed by atoms with Crippen molar-refractivity contribution in [2.24, 2.45) is 0 Å². The highest BCUT2D eigenvalue weighted by atomic mass is 32.2. The van der Waals surface area contributed by atoms with E-state index in [1.54, 1.807) is 19.1 Å². The maximum absolute atomic E-state index is 12.6. The second kappa shape index (κ2) is 9.86. The molecule has 0 spiro atoms. The number of esters is 1. The highest BCUT2D eigenvalue weighted by Gasteiger charge is 2.31. The van der Waals surface area contributed by atoms with E-state index in [-0.39, 0.29) is 18.5 Å². The van der Waals surface area contributed by atoms with E-state index >= 15 is 0 Å². The third-order valence-electron chi connectivity index (χ3n) is 4.35. The third kappa shape index (κ3) is 6.56. The Bertz CT molecular complexity index is 594. The molecule has 5 nitrogen and oxygen atoms in total. The van der Waals surface area contributed by atoms with Crippen molar-refractivity contribution in [2.75, 3.05) is 13.2 Å². The van der Waals surface area contributed by atoms with Gasteiger partial charge >= 0.3 is 5.97 Å². The molecule has 0 radical (unpaired) electrons. The normalized spacial score (nSPS) is 15.3. The van der Waals surface area contributed by atoms with E-state index in [4.69, 9.17) is 9.47 Å². The van der Waals surface area contributed by atoms with Crippen LogP contribution in [0.1, 0.15) is 52.9 Å². The monoisotopic (exact) mass is 379 g/mol. The van der Waals surface area contributed by atoms with Gasteiger partial charge in [-0.05, 0) is 57.9 Å². The molecule has 2 rings (SSSR count). The van der Waals surface area contributed by atoms with E-state index in [0.29, 0.717) is 18.4 Å². The lowest BCUT2D eigenvalue weighted by molar-refractivity contribution is -0.145. The second-order valence-electron chi connectivity index (χ2n) is 6.99. The smallest absolute Gasteiger partial charge is 0.344 e. The Morgan fingerprint density at radius 1 is 1.15 bits per heavy atom. The van der Waals surface area contributed by atoms with Gasteiger partial charge in [0.1, 0.15) is 5.75 Å². The molecule has 1 saturated carbocycles. The number of hydrogen-bond donors (Lipinski definition) is 1. The van der Waals surface area contributed by atoms with Gasteiger partial charge in [-0.3, -0.25) is 4.79 Å². The van der Waals surface area contributed by atoms with Gasteiger partial charge in [-0.15, -0.1) is 11.8 Å². The Kier molecular flexibility index (Phi) is 7.82. The highest BCUT2D eigenvalue weighted by molar-refractivity contribution is 8.01. The molecule has 0 heterocycles. The lowest BCUT2D eigenvalue weighted by atomic mass is 9.95. The molecule has 0 atom stereocenters. The Labute approximate surface area is 160 Å². The van der Waals surface area contributed by atoms with Gasteiger partial charge in [-0.1, -0.05) is 19.3 Å². The Balaban J connectivity index is 1.85.